The molecule has 0 spiro atoms. The molecule has 2 N–H and O–H groups in total. The predicted octanol–water partition coefficient (Wildman–Crippen LogP) is 2.86. The van der Waals surface area contributed by atoms with Gasteiger partial charge in [-0.05, 0) is 38.4 Å². The number of benzene rings is 1. The highest BCUT2D eigenvalue weighted by molar-refractivity contribution is 5.78. The smallest absolute Gasteiger partial charge is 0.323 e. The molecule has 0 amide bonds. The molecule has 4 heteroatoms. The van der Waals surface area contributed by atoms with Crippen LogP contribution < -0.4 is 10.1 Å². The average Bonchev–Trinajstić information content (AvgIpc) is 2.39. The molecule has 0 radical (unpaired) electrons. The van der Waals surface area contributed by atoms with Crippen molar-refractivity contribution in [2.24, 2.45) is 0 Å². The summed E-state index contributed by atoms with van der Waals surface area (Å²) in [4.78, 5) is 11.4. The van der Waals surface area contributed by atoms with Gasteiger partial charge in [-0.2, -0.15) is 0 Å². The second kappa shape index (κ2) is 7.29. The summed E-state index contributed by atoms with van der Waals surface area (Å²) in [6.07, 6.45) is 1.13. The number of nitrogens with one attached hydrogen (secondary N) is 1. The third-order valence-electron chi connectivity index (χ3n) is 3.42. The lowest BCUT2D eigenvalue weighted by atomic mass is 9.94. The highest BCUT2D eigenvalue weighted by atomic mass is 16.5. The zero-order chi connectivity index (χ0) is 15.2. The molecule has 4 nitrogen and oxygen atoms in total. The number of aryl methyl sites for hydroxylation is 1. The van der Waals surface area contributed by atoms with Crippen molar-refractivity contribution < 1.29 is 14.6 Å². The van der Waals surface area contributed by atoms with E-state index in [-0.39, 0.29) is 6.10 Å². The Morgan fingerprint density at radius 2 is 2.05 bits per heavy atom. The lowest BCUT2D eigenvalue weighted by Gasteiger charge is -2.29. The molecule has 112 valence electrons. The lowest BCUT2D eigenvalue weighted by molar-refractivity contribution is -0.145. The number of carboxylic acid groups (broad SMARTS) is 1. The molecule has 0 fully saturated rings. The van der Waals surface area contributed by atoms with Gasteiger partial charge in [-0.3, -0.25) is 4.79 Å². The monoisotopic (exact) mass is 279 g/mol. The Balaban J connectivity index is 2.75. The summed E-state index contributed by atoms with van der Waals surface area (Å²) in [5.74, 6) is -0.00897. The molecule has 1 rings (SSSR count). The summed E-state index contributed by atoms with van der Waals surface area (Å²) in [6, 6.07) is 7.88. The van der Waals surface area contributed by atoms with E-state index in [1.54, 1.807) is 6.92 Å². The normalized spacial score (nSPS) is 15.4. The zero-order valence-electron chi connectivity index (χ0n) is 12.8. The zero-order valence-corrected chi connectivity index (χ0v) is 12.8. The van der Waals surface area contributed by atoms with Gasteiger partial charge in [0.25, 0.3) is 0 Å². The van der Waals surface area contributed by atoms with Gasteiger partial charge in [0.05, 0.1) is 6.10 Å². The molecular weight excluding hydrogens is 254 g/mol. The molecule has 1 aromatic carbocycles. The number of hydrogen-bond acceptors (Lipinski definition) is 3. The van der Waals surface area contributed by atoms with Crippen molar-refractivity contribution in [3.63, 3.8) is 0 Å². The Bertz CT molecular complexity index is 447. The minimum Gasteiger partial charge on any atom is -0.490 e. The molecule has 0 aliphatic rings. The van der Waals surface area contributed by atoms with Crippen LogP contribution in [0.2, 0.25) is 0 Å². The van der Waals surface area contributed by atoms with Crippen molar-refractivity contribution in [1.82, 2.24) is 5.32 Å². The molecule has 2 unspecified atom stereocenters. The topological polar surface area (TPSA) is 58.6 Å². The van der Waals surface area contributed by atoms with Crippen molar-refractivity contribution in [3.05, 3.63) is 29.8 Å². The van der Waals surface area contributed by atoms with Gasteiger partial charge in [0.2, 0.25) is 0 Å². The first-order chi connectivity index (χ1) is 9.42. The summed E-state index contributed by atoms with van der Waals surface area (Å²) < 4.78 is 5.93. The number of carboxylic acids is 1. The second-order valence-electron chi connectivity index (χ2n) is 5.26. The van der Waals surface area contributed by atoms with E-state index in [1.165, 1.54) is 0 Å². The number of rotatable bonds is 8. The van der Waals surface area contributed by atoms with Gasteiger partial charge in [0, 0.05) is 6.42 Å². The van der Waals surface area contributed by atoms with Crippen LogP contribution in [0.3, 0.4) is 0 Å². The molecule has 1 aromatic rings. The summed E-state index contributed by atoms with van der Waals surface area (Å²) in [5.41, 5.74) is 0.176. The third kappa shape index (κ3) is 4.23. The van der Waals surface area contributed by atoms with E-state index in [1.807, 2.05) is 38.1 Å². The van der Waals surface area contributed by atoms with E-state index >= 15 is 0 Å². The Morgan fingerprint density at radius 1 is 1.40 bits per heavy atom. The standard InChI is InChI=1S/C16H25NO3/c1-5-13-9-7-8-10-14(13)20-12(3)11-16(4,15(18)19)17-6-2/h7-10,12,17H,5-6,11H2,1-4H3,(H,18,19). The third-order valence-corrected chi connectivity index (χ3v) is 3.42. The Morgan fingerprint density at radius 3 is 2.60 bits per heavy atom. The van der Waals surface area contributed by atoms with Gasteiger partial charge in [-0.1, -0.05) is 32.0 Å². The largest absolute Gasteiger partial charge is 0.490 e. The van der Waals surface area contributed by atoms with Crippen LogP contribution in [-0.4, -0.2) is 29.3 Å². The van der Waals surface area contributed by atoms with Crippen LogP contribution >= 0.6 is 0 Å². The fourth-order valence-corrected chi connectivity index (χ4v) is 2.37. The van der Waals surface area contributed by atoms with E-state index in [0.717, 1.165) is 17.7 Å². The van der Waals surface area contributed by atoms with Crippen LogP contribution in [0.4, 0.5) is 0 Å². The summed E-state index contributed by atoms with van der Waals surface area (Å²) in [5, 5.41) is 12.4. The molecule has 0 aliphatic carbocycles. The molecule has 0 aromatic heterocycles. The first-order valence-corrected chi connectivity index (χ1v) is 7.16. The van der Waals surface area contributed by atoms with Crippen molar-refractivity contribution >= 4 is 5.97 Å². The highest BCUT2D eigenvalue weighted by Gasteiger charge is 2.34. The van der Waals surface area contributed by atoms with Gasteiger partial charge in [0.1, 0.15) is 11.3 Å². The molecule has 0 saturated carbocycles. The van der Waals surface area contributed by atoms with Crippen LogP contribution in [0.25, 0.3) is 0 Å². The molecule has 2 atom stereocenters. The maximum atomic E-state index is 11.4. The fraction of sp³-hybridized carbons (Fsp3) is 0.562. The number of aliphatic carboxylic acids is 1. The highest BCUT2D eigenvalue weighted by Crippen LogP contribution is 2.23. The predicted molar refractivity (Wildman–Crippen MR) is 80.2 cm³/mol. The maximum Gasteiger partial charge on any atom is 0.323 e. The quantitative estimate of drug-likeness (QED) is 0.768. The van der Waals surface area contributed by atoms with Gasteiger partial charge in [-0.15, -0.1) is 0 Å². The van der Waals surface area contributed by atoms with Crippen molar-refractivity contribution in [1.29, 1.82) is 0 Å². The van der Waals surface area contributed by atoms with E-state index < -0.39 is 11.5 Å². The molecule has 0 bridgehead atoms. The fourth-order valence-electron chi connectivity index (χ4n) is 2.37. The van der Waals surface area contributed by atoms with Crippen LogP contribution in [0.15, 0.2) is 24.3 Å². The molecule has 0 saturated heterocycles. The number of para-hydroxylation sites is 1. The SMILES string of the molecule is CCNC(C)(CC(C)Oc1ccccc1CC)C(=O)O. The van der Waals surface area contributed by atoms with E-state index in [4.69, 9.17) is 4.74 Å². The van der Waals surface area contributed by atoms with Crippen molar-refractivity contribution in [3.8, 4) is 5.75 Å². The minimum absolute atomic E-state index is 0.178. The first kappa shape index (κ1) is 16.5. The Kier molecular flexibility index (Phi) is 6.02. The lowest BCUT2D eigenvalue weighted by Crippen LogP contribution is -2.51. The Hall–Kier alpha value is -1.55. The van der Waals surface area contributed by atoms with Gasteiger partial charge >= 0.3 is 5.97 Å². The maximum absolute atomic E-state index is 11.4. The molecule has 20 heavy (non-hydrogen) atoms. The van der Waals surface area contributed by atoms with Crippen LogP contribution in [0.1, 0.15) is 39.7 Å². The number of hydrogen-bond donors (Lipinski definition) is 2. The molecular formula is C16H25NO3. The molecule has 0 heterocycles. The number of likely N-dealkylation sites (N-methyl/N-ethyl adjacent to an activating group) is 1. The van der Waals surface area contributed by atoms with Gasteiger partial charge in [-0.25, -0.2) is 0 Å². The second-order valence-corrected chi connectivity index (χ2v) is 5.26. The van der Waals surface area contributed by atoms with Crippen LogP contribution in [-0.2, 0) is 11.2 Å². The summed E-state index contributed by atoms with van der Waals surface area (Å²) in [7, 11) is 0. The first-order valence-electron chi connectivity index (χ1n) is 7.16. The van der Waals surface area contributed by atoms with Crippen molar-refractivity contribution in [2.75, 3.05) is 6.54 Å². The van der Waals surface area contributed by atoms with Crippen LogP contribution in [0, 0.1) is 0 Å². The number of ether oxygens (including phenoxy) is 1. The summed E-state index contributed by atoms with van der Waals surface area (Å²) >= 11 is 0. The molecule has 0 aliphatic heterocycles. The Labute approximate surface area is 121 Å². The van der Waals surface area contributed by atoms with Crippen molar-refractivity contribution in [2.45, 2.75) is 52.2 Å². The van der Waals surface area contributed by atoms with E-state index in [2.05, 4.69) is 12.2 Å². The minimum atomic E-state index is -0.963. The number of carbonyl (C=O) groups is 1. The van der Waals surface area contributed by atoms with Gasteiger partial charge in [0.15, 0.2) is 0 Å². The van der Waals surface area contributed by atoms with E-state index in [9.17, 15) is 9.90 Å². The van der Waals surface area contributed by atoms with Crippen LogP contribution in [0.5, 0.6) is 5.75 Å². The van der Waals surface area contributed by atoms with E-state index in [0.29, 0.717) is 13.0 Å². The van der Waals surface area contributed by atoms with Gasteiger partial charge < -0.3 is 15.2 Å². The average molecular weight is 279 g/mol. The summed E-state index contributed by atoms with van der Waals surface area (Å²) in [6.45, 7) is 8.20.